The fourth-order valence-corrected chi connectivity index (χ4v) is 3.77. The van der Waals surface area contributed by atoms with Crippen LogP contribution in [0.4, 0.5) is 0 Å². The molecule has 1 aliphatic carbocycles. The number of carbonyl (C=O) groups is 1. The van der Waals surface area contributed by atoms with Gasteiger partial charge in [0.1, 0.15) is 0 Å². The molecule has 0 unspecified atom stereocenters. The highest BCUT2D eigenvalue weighted by molar-refractivity contribution is 14.0. The van der Waals surface area contributed by atoms with Crippen LogP contribution < -0.4 is 10.6 Å². The molecule has 0 bridgehead atoms. The van der Waals surface area contributed by atoms with Crippen molar-refractivity contribution in [1.29, 1.82) is 0 Å². The van der Waals surface area contributed by atoms with E-state index in [1.165, 1.54) is 25.7 Å². The lowest BCUT2D eigenvalue weighted by Gasteiger charge is -2.30. The Balaban J connectivity index is 0.00000420. The third kappa shape index (κ3) is 8.12. The second-order valence-electron chi connectivity index (χ2n) is 7.83. The second-order valence-corrected chi connectivity index (χ2v) is 7.83. The number of aliphatic imine (C=N–C) groups is 1. The van der Waals surface area contributed by atoms with Crippen LogP contribution in [-0.4, -0.2) is 57.7 Å². The smallest absolute Gasteiger partial charge is 0.253 e. The number of rotatable bonds is 9. The zero-order chi connectivity index (χ0) is 20.4. The fraction of sp³-hybridized carbons (Fsp3) is 0.636. The Morgan fingerprint density at radius 3 is 2.38 bits per heavy atom. The normalized spacial score (nSPS) is 15.5. The summed E-state index contributed by atoms with van der Waals surface area (Å²) in [5.41, 5.74) is 2.14. The molecule has 1 fully saturated rings. The van der Waals surface area contributed by atoms with Gasteiger partial charge in [0.05, 0.1) is 0 Å². The number of hydrogen-bond donors (Lipinski definition) is 2. The van der Waals surface area contributed by atoms with Crippen LogP contribution in [0.5, 0.6) is 0 Å². The topological polar surface area (TPSA) is 66.0 Å². The molecule has 0 atom stereocenters. The highest BCUT2D eigenvalue weighted by Gasteiger charge is 2.33. The number of nitrogens with one attached hydrogen (secondary N) is 2. The van der Waals surface area contributed by atoms with Crippen molar-refractivity contribution >= 4 is 35.8 Å². The summed E-state index contributed by atoms with van der Waals surface area (Å²) < 4.78 is 5.60. The van der Waals surface area contributed by atoms with Gasteiger partial charge < -0.3 is 20.3 Å². The first kappa shape index (κ1) is 25.7. The van der Waals surface area contributed by atoms with Gasteiger partial charge in [-0.15, -0.1) is 24.0 Å². The van der Waals surface area contributed by atoms with Crippen molar-refractivity contribution in [2.45, 2.75) is 45.6 Å². The maximum atomic E-state index is 12.0. The predicted molar refractivity (Wildman–Crippen MR) is 130 cm³/mol. The molecule has 1 aliphatic rings. The number of guanidine groups is 1. The van der Waals surface area contributed by atoms with Gasteiger partial charge in [-0.1, -0.05) is 25.0 Å². The molecule has 1 aromatic carbocycles. The van der Waals surface area contributed by atoms with Crippen molar-refractivity contribution in [2.75, 3.05) is 40.9 Å². The molecule has 1 saturated carbocycles. The first-order chi connectivity index (χ1) is 13.5. The SMILES string of the molecule is CCOCCC1(CNC(=NC)NCc2ccc(C(=O)N(C)C)cc2)CCCC1.I. The Hall–Kier alpha value is -1.35. The number of nitrogens with zero attached hydrogens (tertiary/aromatic N) is 2. The molecule has 0 saturated heterocycles. The van der Waals surface area contributed by atoms with Crippen LogP contribution in [0.3, 0.4) is 0 Å². The van der Waals surface area contributed by atoms with Gasteiger partial charge in [-0.3, -0.25) is 9.79 Å². The maximum absolute atomic E-state index is 12.0. The summed E-state index contributed by atoms with van der Waals surface area (Å²) >= 11 is 0. The zero-order valence-corrected chi connectivity index (χ0v) is 20.6. The third-order valence-corrected chi connectivity index (χ3v) is 5.57. The highest BCUT2D eigenvalue weighted by atomic mass is 127. The van der Waals surface area contributed by atoms with Gasteiger partial charge in [-0.2, -0.15) is 0 Å². The van der Waals surface area contributed by atoms with E-state index in [1.807, 2.05) is 31.2 Å². The van der Waals surface area contributed by atoms with Crippen molar-refractivity contribution in [3.05, 3.63) is 35.4 Å². The Kier molecular flexibility index (Phi) is 11.6. The van der Waals surface area contributed by atoms with Crippen LogP contribution in [0.2, 0.25) is 0 Å². The van der Waals surface area contributed by atoms with Gasteiger partial charge in [0.15, 0.2) is 5.96 Å². The number of carbonyl (C=O) groups excluding carboxylic acids is 1. The van der Waals surface area contributed by atoms with Gasteiger partial charge in [0, 0.05) is 53.0 Å². The molecule has 7 heteroatoms. The highest BCUT2D eigenvalue weighted by Crippen LogP contribution is 2.40. The number of benzene rings is 1. The third-order valence-electron chi connectivity index (χ3n) is 5.57. The van der Waals surface area contributed by atoms with Crippen LogP contribution in [0.15, 0.2) is 29.3 Å². The van der Waals surface area contributed by atoms with Gasteiger partial charge in [-0.25, -0.2) is 0 Å². The van der Waals surface area contributed by atoms with E-state index in [1.54, 1.807) is 26.0 Å². The molecule has 1 aromatic rings. The zero-order valence-electron chi connectivity index (χ0n) is 18.3. The molecule has 0 spiro atoms. The Bertz CT molecular complexity index is 641. The van der Waals surface area contributed by atoms with E-state index >= 15 is 0 Å². The van der Waals surface area contributed by atoms with Crippen molar-refractivity contribution in [1.82, 2.24) is 15.5 Å². The lowest BCUT2D eigenvalue weighted by Crippen LogP contribution is -2.43. The predicted octanol–water partition coefficient (Wildman–Crippen LogP) is 3.66. The van der Waals surface area contributed by atoms with Crippen molar-refractivity contribution < 1.29 is 9.53 Å². The summed E-state index contributed by atoms with van der Waals surface area (Å²) in [7, 11) is 5.33. The fourth-order valence-electron chi connectivity index (χ4n) is 3.77. The minimum Gasteiger partial charge on any atom is -0.382 e. The number of ether oxygens (including phenoxy) is 1. The average Bonchev–Trinajstić information content (AvgIpc) is 3.17. The van der Waals surface area contributed by atoms with E-state index in [2.05, 4.69) is 15.6 Å². The Labute approximate surface area is 192 Å². The molecule has 0 radical (unpaired) electrons. The lowest BCUT2D eigenvalue weighted by molar-refractivity contribution is 0.0827. The molecular formula is C22H37IN4O2. The van der Waals surface area contributed by atoms with Crippen molar-refractivity contribution in [3.8, 4) is 0 Å². The van der Waals surface area contributed by atoms with Gasteiger partial charge in [0.25, 0.3) is 5.91 Å². The van der Waals surface area contributed by atoms with E-state index in [9.17, 15) is 4.79 Å². The summed E-state index contributed by atoms with van der Waals surface area (Å²) in [5.74, 6) is 0.835. The first-order valence-electron chi connectivity index (χ1n) is 10.3. The Morgan fingerprint density at radius 1 is 1.17 bits per heavy atom. The van der Waals surface area contributed by atoms with Gasteiger partial charge in [0.2, 0.25) is 0 Å². The summed E-state index contributed by atoms with van der Waals surface area (Å²) in [4.78, 5) is 17.9. The maximum Gasteiger partial charge on any atom is 0.253 e. The number of halogens is 1. The largest absolute Gasteiger partial charge is 0.382 e. The van der Waals surface area contributed by atoms with E-state index in [-0.39, 0.29) is 29.9 Å². The summed E-state index contributed by atoms with van der Waals surface area (Å²) in [6.45, 7) is 5.26. The molecule has 2 N–H and O–H groups in total. The average molecular weight is 516 g/mol. The lowest BCUT2D eigenvalue weighted by atomic mass is 9.83. The standard InChI is InChI=1S/C22H36N4O2.HI/c1-5-28-15-14-22(12-6-7-13-22)17-25-21(23-2)24-16-18-8-10-19(11-9-18)20(27)26(3)4;/h8-11H,5-7,12-17H2,1-4H3,(H2,23,24,25);1H. The second kappa shape index (κ2) is 13.1. The monoisotopic (exact) mass is 516 g/mol. The molecule has 2 rings (SSSR count). The molecule has 1 amide bonds. The summed E-state index contributed by atoms with van der Waals surface area (Å²) in [6.07, 6.45) is 6.22. The summed E-state index contributed by atoms with van der Waals surface area (Å²) in [5, 5.41) is 6.89. The molecule has 0 aliphatic heterocycles. The minimum atomic E-state index is 0. The van der Waals surface area contributed by atoms with Crippen LogP contribution >= 0.6 is 24.0 Å². The van der Waals surface area contributed by atoms with Crippen molar-refractivity contribution in [2.24, 2.45) is 10.4 Å². The molecule has 29 heavy (non-hydrogen) atoms. The number of amides is 1. The molecule has 0 aromatic heterocycles. The van der Waals surface area contributed by atoms with E-state index < -0.39 is 0 Å². The van der Waals surface area contributed by atoms with E-state index in [4.69, 9.17) is 4.74 Å². The molecule has 0 heterocycles. The molecular weight excluding hydrogens is 479 g/mol. The van der Waals surface area contributed by atoms with Crippen molar-refractivity contribution in [3.63, 3.8) is 0 Å². The van der Waals surface area contributed by atoms with Crippen LogP contribution in [0.1, 0.15) is 54.9 Å². The van der Waals surface area contributed by atoms with Crippen LogP contribution in [0, 0.1) is 5.41 Å². The van der Waals surface area contributed by atoms with Crippen LogP contribution in [-0.2, 0) is 11.3 Å². The minimum absolute atomic E-state index is 0. The quantitative estimate of drug-likeness (QED) is 0.228. The molecule has 164 valence electrons. The Morgan fingerprint density at radius 2 is 1.83 bits per heavy atom. The van der Waals surface area contributed by atoms with Crippen LogP contribution in [0.25, 0.3) is 0 Å². The van der Waals surface area contributed by atoms with Gasteiger partial charge in [-0.05, 0) is 49.3 Å². The van der Waals surface area contributed by atoms with Gasteiger partial charge >= 0.3 is 0 Å². The number of hydrogen-bond acceptors (Lipinski definition) is 3. The molecule has 6 nitrogen and oxygen atoms in total. The first-order valence-corrected chi connectivity index (χ1v) is 10.3. The van der Waals surface area contributed by atoms with E-state index in [0.29, 0.717) is 17.5 Å². The van der Waals surface area contributed by atoms with E-state index in [0.717, 1.165) is 37.7 Å². The summed E-state index contributed by atoms with van der Waals surface area (Å²) in [6, 6.07) is 7.71.